The number of aliphatic hydroxyl groups is 1. The number of nitrogens with zero attached hydrogens (tertiary/aromatic N) is 2. The number of aromatic nitrogens is 2. The van der Waals surface area contributed by atoms with Gasteiger partial charge in [0.15, 0.2) is 0 Å². The first kappa shape index (κ1) is 14.9. The van der Waals surface area contributed by atoms with E-state index in [4.69, 9.17) is 0 Å². The van der Waals surface area contributed by atoms with Crippen LogP contribution in [0.2, 0.25) is 0 Å². The molecular weight excluding hydrogens is 286 g/mol. The zero-order valence-electron chi connectivity index (χ0n) is 13.9. The van der Waals surface area contributed by atoms with Crippen molar-refractivity contribution in [3.63, 3.8) is 0 Å². The molecule has 2 fully saturated rings. The van der Waals surface area contributed by atoms with Gasteiger partial charge in [-0.05, 0) is 50.2 Å². The first-order valence-corrected chi connectivity index (χ1v) is 8.60. The Bertz CT molecular complexity index is 694. The van der Waals surface area contributed by atoms with Crippen LogP contribution in [-0.4, -0.2) is 39.4 Å². The Morgan fingerprint density at radius 3 is 2.70 bits per heavy atom. The smallest absolute Gasteiger partial charge is 0.0698 e. The van der Waals surface area contributed by atoms with Gasteiger partial charge >= 0.3 is 0 Å². The minimum absolute atomic E-state index is 0.0634. The summed E-state index contributed by atoms with van der Waals surface area (Å²) in [5, 5.41) is 17.3. The molecule has 0 spiro atoms. The summed E-state index contributed by atoms with van der Waals surface area (Å²) in [6.07, 6.45) is 3.87. The number of rotatable bonds is 3. The van der Waals surface area contributed by atoms with Gasteiger partial charge < -0.3 is 5.11 Å². The van der Waals surface area contributed by atoms with E-state index >= 15 is 0 Å². The summed E-state index contributed by atoms with van der Waals surface area (Å²) < 4.78 is 0. The Kier molecular flexibility index (Phi) is 3.74. The number of hydrogen-bond acceptors (Lipinski definition) is 3. The number of H-pyrrole nitrogens is 1. The molecule has 2 aromatic rings. The molecule has 1 unspecified atom stereocenters. The average molecular weight is 311 g/mol. The quantitative estimate of drug-likeness (QED) is 0.916. The number of fused-ring (bicyclic) bond motifs is 1. The summed E-state index contributed by atoms with van der Waals surface area (Å²) in [6, 6.07) is 6.57. The maximum absolute atomic E-state index is 9.79. The topological polar surface area (TPSA) is 52.2 Å². The molecule has 2 aliphatic rings. The van der Waals surface area contributed by atoms with Gasteiger partial charge in [0, 0.05) is 30.8 Å². The average Bonchev–Trinajstić information content (AvgIpc) is 3.17. The highest BCUT2D eigenvalue weighted by Crippen LogP contribution is 2.39. The van der Waals surface area contributed by atoms with Crippen LogP contribution in [0.15, 0.2) is 24.4 Å². The number of aryl methyl sites for hydroxylation is 2. The molecule has 1 aromatic carbocycles. The maximum Gasteiger partial charge on any atom is 0.0698 e. The first-order chi connectivity index (χ1) is 11.1. The number of likely N-dealkylation sites (tertiary alicyclic amines) is 1. The third kappa shape index (κ3) is 2.81. The zero-order chi connectivity index (χ0) is 16.0. The fraction of sp³-hybridized carbons (Fsp3) is 0.526. The monoisotopic (exact) mass is 311 g/mol. The van der Waals surface area contributed by atoms with E-state index in [1.54, 1.807) is 0 Å². The van der Waals surface area contributed by atoms with E-state index in [0.717, 1.165) is 38.2 Å². The Labute approximate surface area is 137 Å². The van der Waals surface area contributed by atoms with E-state index in [-0.39, 0.29) is 6.10 Å². The van der Waals surface area contributed by atoms with E-state index in [9.17, 15) is 5.11 Å². The minimum Gasteiger partial charge on any atom is -0.393 e. The van der Waals surface area contributed by atoms with Gasteiger partial charge in [-0.15, -0.1) is 0 Å². The number of nitrogens with one attached hydrogen (secondary N) is 1. The highest BCUT2D eigenvalue weighted by atomic mass is 16.3. The highest BCUT2D eigenvalue weighted by molar-refractivity contribution is 5.67. The molecule has 2 N–H and O–H groups in total. The van der Waals surface area contributed by atoms with Crippen LogP contribution >= 0.6 is 0 Å². The van der Waals surface area contributed by atoms with Crippen LogP contribution in [0.5, 0.6) is 0 Å². The predicted octanol–water partition coefficient (Wildman–Crippen LogP) is 2.90. The van der Waals surface area contributed by atoms with Gasteiger partial charge in [0.1, 0.15) is 0 Å². The molecule has 4 heteroatoms. The normalized spacial score (nSPS) is 27.5. The SMILES string of the molecule is Cc1ccc(C)c(-c2[nH]ncc2CN2C[C@H]3CC(O)C[C@H]3C2)c1. The summed E-state index contributed by atoms with van der Waals surface area (Å²) in [5.74, 6) is 1.36. The molecule has 1 aromatic heterocycles. The molecule has 0 radical (unpaired) electrons. The molecule has 4 rings (SSSR count). The second-order valence-corrected chi connectivity index (χ2v) is 7.43. The molecule has 2 heterocycles. The van der Waals surface area contributed by atoms with Crippen molar-refractivity contribution in [3.05, 3.63) is 41.1 Å². The summed E-state index contributed by atoms with van der Waals surface area (Å²) >= 11 is 0. The Morgan fingerprint density at radius 2 is 1.96 bits per heavy atom. The summed E-state index contributed by atoms with van der Waals surface area (Å²) in [4.78, 5) is 2.53. The second kappa shape index (κ2) is 5.77. The molecular formula is C19H25N3O. The Balaban J connectivity index is 1.53. The maximum atomic E-state index is 9.79. The molecule has 23 heavy (non-hydrogen) atoms. The van der Waals surface area contributed by atoms with E-state index in [0.29, 0.717) is 11.8 Å². The van der Waals surface area contributed by atoms with Crippen molar-refractivity contribution in [3.8, 4) is 11.3 Å². The van der Waals surface area contributed by atoms with Crippen LogP contribution in [0.1, 0.15) is 29.5 Å². The minimum atomic E-state index is -0.0634. The van der Waals surface area contributed by atoms with Crippen LogP contribution in [0.3, 0.4) is 0 Å². The summed E-state index contributed by atoms with van der Waals surface area (Å²) in [7, 11) is 0. The van der Waals surface area contributed by atoms with E-state index in [1.807, 2.05) is 6.20 Å². The number of aliphatic hydroxyl groups excluding tert-OH is 1. The van der Waals surface area contributed by atoms with E-state index in [1.165, 1.54) is 22.3 Å². The molecule has 1 saturated heterocycles. The Morgan fingerprint density at radius 1 is 1.22 bits per heavy atom. The standard InChI is InChI=1S/C19H25N3O/c1-12-3-4-13(2)18(5-12)19-16(8-20-21-19)11-22-9-14-6-17(23)7-15(14)10-22/h3-5,8,14-15,17,23H,6-7,9-11H2,1-2H3,(H,20,21)/t14-,15+,17?. The van der Waals surface area contributed by atoms with Gasteiger partial charge in [0.25, 0.3) is 0 Å². The van der Waals surface area contributed by atoms with Crippen LogP contribution in [0.25, 0.3) is 11.3 Å². The van der Waals surface area contributed by atoms with Crippen molar-refractivity contribution in [2.45, 2.75) is 39.3 Å². The van der Waals surface area contributed by atoms with Gasteiger partial charge in [0.2, 0.25) is 0 Å². The number of aromatic amines is 1. The predicted molar refractivity (Wildman–Crippen MR) is 91.0 cm³/mol. The number of hydrogen-bond donors (Lipinski definition) is 2. The van der Waals surface area contributed by atoms with Crippen molar-refractivity contribution in [1.82, 2.24) is 15.1 Å². The van der Waals surface area contributed by atoms with Crippen LogP contribution in [0, 0.1) is 25.7 Å². The molecule has 1 aliphatic carbocycles. The van der Waals surface area contributed by atoms with Gasteiger partial charge in [-0.3, -0.25) is 10.00 Å². The van der Waals surface area contributed by atoms with Gasteiger partial charge in [-0.2, -0.15) is 5.10 Å². The van der Waals surface area contributed by atoms with E-state index in [2.05, 4.69) is 47.1 Å². The van der Waals surface area contributed by atoms with Crippen molar-refractivity contribution >= 4 is 0 Å². The summed E-state index contributed by atoms with van der Waals surface area (Å²) in [5.41, 5.74) is 6.24. The van der Waals surface area contributed by atoms with Crippen molar-refractivity contribution in [2.75, 3.05) is 13.1 Å². The van der Waals surface area contributed by atoms with E-state index < -0.39 is 0 Å². The van der Waals surface area contributed by atoms with Gasteiger partial charge in [-0.25, -0.2) is 0 Å². The van der Waals surface area contributed by atoms with Crippen LogP contribution in [0.4, 0.5) is 0 Å². The van der Waals surface area contributed by atoms with Crippen molar-refractivity contribution in [2.24, 2.45) is 11.8 Å². The van der Waals surface area contributed by atoms with Crippen molar-refractivity contribution < 1.29 is 5.11 Å². The lowest BCUT2D eigenvalue weighted by atomic mass is 10.0. The molecule has 3 atom stereocenters. The molecule has 0 bridgehead atoms. The van der Waals surface area contributed by atoms with Crippen LogP contribution < -0.4 is 0 Å². The molecule has 122 valence electrons. The lowest BCUT2D eigenvalue weighted by Crippen LogP contribution is -2.22. The molecule has 4 nitrogen and oxygen atoms in total. The molecule has 1 saturated carbocycles. The van der Waals surface area contributed by atoms with Crippen molar-refractivity contribution in [1.29, 1.82) is 0 Å². The fourth-order valence-corrected chi connectivity index (χ4v) is 4.40. The van der Waals surface area contributed by atoms with Gasteiger partial charge in [-0.1, -0.05) is 17.7 Å². The highest BCUT2D eigenvalue weighted by Gasteiger charge is 2.40. The van der Waals surface area contributed by atoms with Crippen LogP contribution in [-0.2, 0) is 6.54 Å². The Hall–Kier alpha value is -1.65. The number of benzene rings is 1. The third-order valence-electron chi connectivity index (χ3n) is 5.58. The fourth-order valence-electron chi connectivity index (χ4n) is 4.40. The second-order valence-electron chi connectivity index (χ2n) is 7.43. The van der Waals surface area contributed by atoms with Gasteiger partial charge in [0.05, 0.1) is 18.0 Å². The molecule has 1 aliphatic heterocycles. The zero-order valence-corrected chi connectivity index (χ0v) is 13.9. The third-order valence-corrected chi connectivity index (χ3v) is 5.58. The first-order valence-electron chi connectivity index (χ1n) is 8.60. The largest absolute Gasteiger partial charge is 0.393 e. The summed E-state index contributed by atoms with van der Waals surface area (Å²) in [6.45, 7) is 7.45. The lowest BCUT2D eigenvalue weighted by molar-refractivity contribution is 0.161. The molecule has 0 amide bonds. The lowest BCUT2D eigenvalue weighted by Gasteiger charge is -2.18.